The monoisotopic (exact) mass is 636 g/mol. The molecule has 50 heavy (non-hydrogen) atoms. The normalized spacial score (nSPS) is 11.6. The van der Waals surface area contributed by atoms with Gasteiger partial charge in [-0.15, -0.1) is 0 Å². The van der Waals surface area contributed by atoms with Crippen molar-refractivity contribution in [3.8, 4) is 39.8 Å². The Morgan fingerprint density at radius 3 is 1.84 bits per heavy atom. The lowest BCUT2D eigenvalue weighted by Gasteiger charge is -2.11. The van der Waals surface area contributed by atoms with Crippen molar-refractivity contribution in [2.24, 2.45) is 0 Å². The number of pyridine rings is 1. The molecule has 0 unspecified atom stereocenters. The molecule has 3 heterocycles. The molecule has 232 valence electrons. The molecule has 4 nitrogen and oxygen atoms in total. The maximum Gasteiger partial charge on any atom is 0.0999 e. The van der Waals surface area contributed by atoms with E-state index in [-0.39, 0.29) is 0 Å². The van der Waals surface area contributed by atoms with E-state index >= 15 is 0 Å². The first kappa shape index (κ1) is 28.1. The third-order valence-electron chi connectivity index (χ3n) is 9.95. The number of hydrogen-bond acceptors (Lipinski definition) is 2. The summed E-state index contributed by atoms with van der Waals surface area (Å²) in [5.41, 5.74) is 12.5. The Hall–Kier alpha value is -6.96. The highest BCUT2D eigenvalue weighted by atomic mass is 15.0. The van der Waals surface area contributed by atoms with Gasteiger partial charge in [-0.05, 0) is 71.8 Å². The van der Waals surface area contributed by atoms with Crippen molar-refractivity contribution in [1.82, 2.24) is 14.1 Å². The molecule has 0 saturated heterocycles. The predicted octanol–water partition coefficient (Wildman–Crippen LogP) is 11.6. The average Bonchev–Trinajstić information content (AvgIpc) is 3.70. The first-order chi connectivity index (χ1) is 24.8. The van der Waals surface area contributed by atoms with Crippen LogP contribution in [0.4, 0.5) is 0 Å². The Morgan fingerprint density at radius 2 is 1.04 bits per heavy atom. The van der Waals surface area contributed by atoms with Gasteiger partial charge >= 0.3 is 0 Å². The van der Waals surface area contributed by atoms with Crippen LogP contribution >= 0.6 is 0 Å². The van der Waals surface area contributed by atoms with Crippen LogP contribution in [0, 0.1) is 11.3 Å². The molecule has 0 radical (unpaired) electrons. The molecule has 0 aliphatic heterocycles. The first-order valence-electron chi connectivity index (χ1n) is 16.8. The number of nitriles is 1. The Bertz CT molecular complexity index is 2980. The minimum atomic E-state index is 0.631. The Morgan fingerprint density at radius 1 is 0.440 bits per heavy atom. The largest absolute Gasteiger partial charge is 0.309 e. The van der Waals surface area contributed by atoms with Gasteiger partial charge in [-0.3, -0.25) is 0 Å². The van der Waals surface area contributed by atoms with Crippen molar-refractivity contribution in [3.05, 3.63) is 175 Å². The lowest BCUT2D eigenvalue weighted by atomic mass is 9.98. The summed E-state index contributed by atoms with van der Waals surface area (Å²) in [6.45, 7) is 0. The molecule has 0 bridgehead atoms. The quantitative estimate of drug-likeness (QED) is 0.193. The fourth-order valence-electron chi connectivity index (χ4n) is 7.73. The van der Waals surface area contributed by atoms with E-state index in [1.165, 1.54) is 43.7 Å². The molecule has 0 amide bonds. The van der Waals surface area contributed by atoms with Crippen molar-refractivity contribution in [1.29, 1.82) is 5.26 Å². The van der Waals surface area contributed by atoms with E-state index in [4.69, 9.17) is 4.98 Å². The summed E-state index contributed by atoms with van der Waals surface area (Å²) in [4.78, 5) is 4.89. The van der Waals surface area contributed by atoms with Crippen LogP contribution in [0.1, 0.15) is 5.56 Å². The van der Waals surface area contributed by atoms with Crippen molar-refractivity contribution in [3.63, 3.8) is 0 Å². The van der Waals surface area contributed by atoms with Gasteiger partial charge in [0.15, 0.2) is 0 Å². The van der Waals surface area contributed by atoms with E-state index < -0.39 is 0 Å². The molecule has 0 aliphatic rings. The van der Waals surface area contributed by atoms with Gasteiger partial charge in [0.2, 0.25) is 0 Å². The zero-order valence-electron chi connectivity index (χ0n) is 27.0. The number of para-hydroxylation sites is 4. The van der Waals surface area contributed by atoms with Crippen molar-refractivity contribution in [2.75, 3.05) is 0 Å². The van der Waals surface area contributed by atoms with Gasteiger partial charge in [0.05, 0.1) is 44.9 Å². The zero-order valence-corrected chi connectivity index (χ0v) is 27.0. The number of rotatable bonds is 4. The molecule has 0 N–H and O–H groups in total. The fraction of sp³-hybridized carbons (Fsp3) is 0. The fourth-order valence-corrected chi connectivity index (χ4v) is 7.73. The highest BCUT2D eigenvalue weighted by Crippen LogP contribution is 2.41. The van der Waals surface area contributed by atoms with Crippen LogP contribution < -0.4 is 0 Å². The highest BCUT2D eigenvalue weighted by Gasteiger charge is 2.18. The maximum absolute atomic E-state index is 9.85. The molecule has 0 aliphatic carbocycles. The van der Waals surface area contributed by atoms with Crippen LogP contribution in [0.3, 0.4) is 0 Å². The molecule has 10 rings (SSSR count). The Labute approximate surface area is 288 Å². The van der Waals surface area contributed by atoms with Crippen molar-refractivity contribution < 1.29 is 0 Å². The van der Waals surface area contributed by atoms with E-state index in [2.05, 4.69) is 155 Å². The van der Waals surface area contributed by atoms with E-state index in [1.807, 2.05) is 30.3 Å². The molecular formula is C46H28N4. The Balaban J connectivity index is 1.15. The number of hydrogen-bond donors (Lipinski definition) is 0. The number of nitrogens with zero attached hydrogens (tertiary/aromatic N) is 4. The molecule has 0 fully saturated rings. The van der Waals surface area contributed by atoms with Crippen molar-refractivity contribution in [2.45, 2.75) is 0 Å². The number of aromatic nitrogens is 3. The van der Waals surface area contributed by atoms with Crippen LogP contribution in [0.25, 0.3) is 88.3 Å². The second-order valence-electron chi connectivity index (χ2n) is 12.7. The van der Waals surface area contributed by atoms with E-state index in [9.17, 15) is 5.26 Å². The van der Waals surface area contributed by atoms with Gasteiger partial charge in [0.1, 0.15) is 0 Å². The molecule has 10 aromatic rings. The summed E-state index contributed by atoms with van der Waals surface area (Å²) in [6, 6.07) is 62.1. The molecule has 3 aromatic heterocycles. The second-order valence-corrected chi connectivity index (χ2v) is 12.7. The Kier molecular flexibility index (Phi) is 6.21. The minimum Gasteiger partial charge on any atom is -0.309 e. The summed E-state index contributed by atoms with van der Waals surface area (Å²) >= 11 is 0. The molecule has 7 aromatic carbocycles. The summed E-state index contributed by atoms with van der Waals surface area (Å²) in [6.07, 6.45) is 0. The van der Waals surface area contributed by atoms with Gasteiger partial charge in [-0.25, -0.2) is 4.98 Å². The number of benzene rings is 7. The third kappa shape index (κ3) is 4.21. The van der Waals surface area contributed by atoms with Gasteiger partial charge < -0.3 is 9.13 Å². The lowest BCUT2D eigenvalue weighted by Crippen LogP contribution is -1.95. The molecular weight excluding hydrogens is 609 g/mol. The molecule has 0 saturated carbocycles. The summed E-state index contributed by atoms with van der Waals surface area (Å²) in [5.74, 6) is 0. The minimum absolute atomic E-state index is 0.631. The average molecular weight is 637 g/mol. The molecule has 0 spiro atoms. The van der Waals surface area contributed by atoms with E-state index in [0.717, 1.165) is 44.6 Å². The highest BCUT2D eigenvalue weighted by molar-refractivity contribution is 6.17. The van der Waals surface area contributed by atoms with Crippen LogP contribution in [0.5, 0.6) is 0 Å². The smallest absolute Gasteiger partial charge is 0.0999 e. The van der Waals surface area contributed by atoms with Gasteiger partial charge in [0.25, 0.3) is 0 Å². The molecule has 4 heteroatoms. The maximum atomic E-state index is 9.85. The SMILES string of the molecule is N#Cc1cc(-c2ccc(-n3c4ccccc4c4c(-c5ccc6c7ccccc7n(-c7ccccc7)c6c5)cccc43)cc2)nc2ccccc12. The van der Waals surface area contributed by atoms with Crippen LogP contribution in [0.15, 0.2) is 170 Å². The van der Waals surface area contributed by atoms with Crippen molar-refractivity contribution >= 4 is 54.5 Å². The van der Waals surface area contributed by atoms with Crippen LogP contribution in [0.2, 0.25) is 0 Å². The summed E-state index contributed by atoms with van der Waals surface area (Å²) in [5, 5.41) is 15.6. The molecule has 0 atom stereocenters. The predicted molar refractivity (Wildman–Crippen MR) is 206 cm³/mol. The topological polar surface area (TPSA) is 46.5 Å². The van der Waals surface area contributed by atoms with E-state index in [0.29, 0.717) is 5.56 Å². The van der Waals surface area contributed by atoms with Crippen LogP contribution in [-0.4, -0.2) is 14.1 Å². The van der Waals surface area contributed by atoms with E-state index in [1.54, 1.807) is 0 Å². The van der Waals surface area contributed by atoms with Gasteiger partial charge in [-0.1, -0.05) is 109 Å². The third-order valence-corrected chi connectivity index (χ3v) is 9.95. The first-order valence-corrected chi connectivity index (χ1v) is 16.8. The van der Waals surface area contributed by atoms with Gasteiger partial charge in [0, 0.05) is 43.9 Å². The number of fused-ring (bicyclic) bond motifs is 7. The summed E-state index contributed by atoms with van der Waals surface area (Å²) in [7, 11) is 0. The zero-order chi connectivity index (χ0) is 33.2. The summed E-state index contributed by atoms with van der Waals surface area (Å²) < 4.78 is 4.73. The van der Waals surface area contributed by atoms with Crippen LogP contribution in [-0.2, 0) is 0 Å². The second kappa shape index (κ2) is 11.1. The lowest BCUT2D eigenvalue weighted by molar-refractivity contribution is 1.18. The standard InChI is InChI=1S/C46H28N4/c47-29-32-27-41(48-40-17-7-4-13-35(32)40)30-21-24-34(25-22-30)49-43-19-9-6-15-39(43)46-36(16-10-20-44(46)49)31-23-26-38-37-14-5-8-18-42(37)50(45(38)28-31)33-11-2-1-3-12-33/h1-28H. The van der Waals surface area contributed by atoms with Gasteiger partial charge in [-0.2, -0.15) is 5.26 Å².